The zero-order valence-corrected chi connectivity index (χ0v) is 9.14. The van der Waals surface area contributed by atoms with E-state index in [0.717, 1.165) is 12.1 Å². The van der Waals surface area contributed by atoms with Gasteiger partial charge in [0.25, 0.3) is 0 Å². The predicted molar refractivity (Wildman–Crippen MR) is 52.5 cm³/mol. The quantitative estimate of drug-likeness (QED) is 0.841. The minimum Gasteiger partial charge on any atom is -0.493 e. The number of benzene rings is 1. The molecule has 1 atom stereocenters. The molecule has 0 aromatic heterocycles. The van der Waals surface area contributed by atoms with Gasteiger partial charge in [-0.2, -0.15) is 13.2 Å². The lowest BCUT2D eigenvalue weighted by atomic mass is 10.1. The average Bonchev–Trinajstić information content (AvgIpc) is 2.26. The summed E-state index contributed by atoms with van der Waals surface area (Å²) in [5.74, 6) is -1.10. The normalized spacial score (nSPS) is 13.4. The van der Waals surface area contributed by atoms with Crippen molar-refractivity contribution in [1.82, 2.24) is 0 Å². The van der Waals surface area contributed by atoms with E-state index in [4.69, 9.17) is 15.2 Å². The van der Waals surface area contributed by atoms with E-state index in [-0.39, 0.29) is 11.5 Å². The molecule has 3 nitrogen and oxygen atoms in total. The van der Waals surface area contributed by atoms with E-state index in [1.807, 2.05) is 0 Å². The van der Waals surface area contributed by atoms with E-state index in [1.54, 1.807) is 0 Å². The van der Waals surface area contributed by atoms with Crippen LogP contribution in [0.1, 0.15) is 11.6 Å². The molecule has 1 aromatic rings. The summed E-state index contributed by atoms with van der Waals surface area (Å²) in [6, 6.07) is -0.714. The van der Waals surface area contributed by atoms with Crippen molar-refractivity contribution in [3.8, 4) is 11.5 Å². The molecule has 1 aromatic carbocycles. The number of hydrogen-bond acceptors (Lipinski definition) is 3. The van der Waals surface area contributed by atoms with Crippen molar-refractivity contribution in [2.75, 3.05) is 14.2 Å². The molecule has 0 saturated carbocycles. The highest BCUT2D eigenvalue weighted by Gasteiger charge is 2.39. The van der Waals surface area contributed by atoms with Crippen LogP contribution in [-0.2, 0) is 0 Å². The molecular weight excluding hydrogens is 242 g/mol. The number of alkyl halides is 3. The Labute approximate surface area is 95.1 Å². The number of methoxy groups -OCH3 is 2. The van der Waals surface area contributed by atoms with Gasteiger partial charge < -0.3 is 15.2 Å². The molecule has 0 spiro atoms. The van der Waals surface area contributed by atoms with Crippen LogP contribution in [0, 0.1) is 5.82 Å². The van der Waals surface area contributed by atoms with Crippen LogP contribution in [0.3, 0.4) is 0 Å². The molecule has 0 aliphatic rings. The molecule has 7 heteroatoms. The Morgan fingerprint density at radius 1 is 1.12 bits per heavy atom. The number of ether oxygens (including phenoxy) is 2. The lowest BCUT2D eigenvalue weighted by Gasteiger charge is -2.18. The maximum Gasteiger partial charge on any atom is 0.407 e. The Kier molecular flexibility index (Phi) is 3.82. The van der Waals surface area contributed by atoms with Crippen molar-refractivity contribution in [3.05, 3.63) is 23.5 Å². The first-order valence-electron chi connectivity index (χ1n) is 4.55. The minimum atomic E-state index is -4.72. The highest BCUT2D eigenvalue weighted by Crippen LogP contribution is 2.37. The molecule has 0 aliphatic heterocycles. The standard InChI is InChI=1S/C10H11F4NO2/c1-16-7-3-5(9(15)10(12,13)14)6(11)4-8(7)17-2/h3-4,9H,15H2,1-2H3. The summed E-state index contributed by atoms with van der Waals surface area (Å²) in [6.45, 7) is 0. The molecule has 1 rings (SSSR count). The van der Waals surface area contributed by atoms with Crippen molar-refractivity contribution in [1.29, 1.82) is 0 Å². The zero-order chi connectivity index (χ0) is 13.2. The summed E-state index contributed by atoms with van der Waals surface area (Å²) in [7, 11) is 2.49. The Morgan fingerprint density at radius 2 is 1.59 bits per heavy atom. The second kappa shape index (κ2) is 4.79. The summed E-state index contributed by atoms with van der Waals surface area (Å²) >= 11 is 0. The topological polar surface area (TPSA) is 44.5 Å². The molecule has 1 unspecified atom stereocenters. The fraction of sp³-hybridized carbons (Fsp3) is 0.400. The SMILES string of the molecule is COc1cc(F)c(C(N)C(F)(F)F)cc1OC. The van der Waals surface area contributed by atoms with Crippen molar-refractivity contribution < 1.29 is 27.0 Å². The Bertz CT molecular complexity index is 406. The van der Waals surface area contributed by atoms with Gasteiger partial charge in [-0.05, 0) is 6.07 Å². The molecule has 0 bridgehead atoms. The maximum atomic E-state index is 13.4. The molecule has 0 aliphatic carbocycles. The number of nitrogens with two attached hydrogens (primary N) is 1. The average molecular weight is 253 g/mol. The van der Waals surface area contributed by atoms with E-state index in [9.17, 15) is 17.6 Å². The maximum absolute atomic E-state index is 13.4. The second-order valence-electron chi connectivity index (χ2n) is 3.25. The Hall–Kier alpha value is -1.50. The third-order valence-electron chi connectivity index (χ3n) is 2.19. The van der Waals surface area contributed by atoms with Gasteiger partial charge in [-0.3, -0.25) is 0 Å². The van der Waals surface area contributed by atoms with E-state index >= 15 is 0 Å². The van der Waals surface area contributed by atoms with Gasteiger partial charge in [-0.1, -0.05) is 0 Å². The van der Waals surface area contributed by atoms with Crippen LogP contribution in [0.5, 0.6) is 11.5 Å². The smallest absolute Gasteiger partial charge is 0.407 e. The monoisotopic (exact) mass is 253 g/mol. The van der Waals surface area contributed by atoms with Gasteiger partial charge in [0.1, 0.15) is 11.9 Å². The summed E-state index contributed by atoms with van der Waals surface area (Å²) in [6.07, 6.45) is -4.72. The van der Waals surface area contributed by atoms with Crippen molar-refractivity contribution in [2.45, 2.75) is 12.2 Å². The van der Waals surface area contributed by atoms with Gasteiger partial charge in [0.15, 0.2) is 11.5 Å². The van der Waals surface area contributed by atoms with Crippen LogP contribution < -0.4 is 15.2 Å². The Morgan fingerprint density at radius 3 is 2.00 bits per heavy atom. The minimum absolute atomic E-state index is 0.00289. The van der Waals surface area contributed by atoms with E-state index < -0.39 is 23.6 Å². The van der Waals surface area contributed by atoms with Gasteiger partial charge in [0.05, 0.1) is 14.2 Å². The molecule has 0 fully saturated rings. The van der Waals surface area contributed by atoms with Crippen LogP contribution in [0.4, 0.5) is 17.6 Å². The zero-order valence-electron chi connectivity index (χ0n) is 9.14. The molecule has 0 amide bonds. The summed E-state index contributed by atoms with van der Waals surface area (Å²) in [4.78, 5) is 0. The van der Waals surface area contributed by atoms with Crippen LogP contribution >= 0.6 is 0 Å². The third-order valence-corrected chi connectivity index (χ3v) is 2.19. The van der Waals surface area contributed by atoms with E-state index in [0.29, 0.717) is 0 Å². The molecule has 0 saturated heterocycles. The largest absolute Gasteiger partial charge is 0.493 e. The van der Waals surface area contributed by atoms with E-state index in [2.05, 4.69) is 0 Å². The molecule has 17 heavy (non-hydrogen) atoms. The highest BCUT2D eigenvalue weighted by molar-refractivity contribution is 5.44. The number of hydrogen-bond donors (Lipinski definition) is 1. The third kappa shape index (κ3) is 2.79. The Balaban J connectivity index is 3.26. The van der Waals surface area contributed by atoms with Gasteiger partial charge in [-0.15, -0.1) is 0 Å². The van der Waals surface area contributed by atoms with E-state index in [1.165, 1.54) is 14.2 Å². The lowest BCUT2D eigenvalue weighted by molar-refractivity contribution is -0.149. The van der Waals surface area contributed by atoms with Crippen molar-refractivity contribution in [2.24, 2.45) is 5.73 Å². The molecule has 0 radical (unpaired) electrons. The lowest BCUT2D eigenvalue weighted by Crippen LogP contribution is -2.29. The fourth-order valence-electron chi connectivity index (χ4n) is 1.28. The molecule has 2 N–H and O–H groups in total. The highest BCUT2D eigenvalue weighted by atomic mass is 19.4. The van der Waals surface area contributed by atoms with Gasteiger partial charge in [-0.25, -0.2) is 4.39 Å². The molecule has 96 valence electrons. The summed E-state index contributed by atoms with van der Waals surface area (Å²) in [5.41, 5.74) is 4.24. The number of rotatable bonds is 3. The van der Waals surface area contributed by atoms with Gasteiger partial charge in [0.2, 0.25) is 0 Å². The first-order chi connectivity index (χ1) is 7.81. The number of halogens is 4. The fourth-order valence-corrected chi connectivity index (χ4v) is 1.28. The summed E-state index contributed by atoms with van der Waals surface area (Å²) in [5, 5.41) is 0. The second-order valence-corrected chi connectivity index (χ2v) is 3.25. The first kappa shape index (κ1) is 13.6. The van der Waals surface area contributed by atoms with Crippen molar-refractivity contribution >= 4 is 0 Å². The van der Waals surface area contributed by atoms with Crippen molar-refractivity contribution in [3.63, 3.8) is 0 Å². The van der Waals surface area contributed by atoms with Gasteiger partial charge in [0, 0.05) is 11.6 Å². The first-order valence-corrected chi connectivity index (χ1v) is 4.55. The molecular formula is C10H11F4NO2. The molecule has 0 heterocycles. The van der Waals surface area contributed by atoms with Crippen LogP contribution in [0.2, 0.25) is 0 Å². The van der Waals surface area contributed by atoms with Gasteiger partial charge >= 0.3 is 6.18 Å². The van der Waals surface area contributed by atoms with Crippen LogP contribution in [0.25, 0.3) is 0 Å². The van der Waals surface area contributed by atoms with Crippen LogP contribution in [0.15, 0.2) is 12.1 Å². The predicted octanol–water partition coefficient (Wildman–Crippen LogP) is 2.41. The van der Waals surface area contributed by atoms with Crippen LogP contribution in [-0.4, -0.2) is 20.4 Å². The summed E-state index contributed by atoms with van der Waals surface area (Å²) < 4.78 is 60.1.